The van der Waals surface area contributed by atoms with Crippen LogP contribution in [-0.4, -0.2) is 48.4 Å². The van der Waals surface area contributed by atoms with Crippen molar-refractivity contribution in [2.45, 2.75) is 4.90 Å². The Morgan fingerprint density at radius 1 is 1.29 bits per heavy atom. The highest BCUT2D eigenvalue weighted by Gasteiger charge is 2.28. The number of ether oxygens (including phenoxy) is 1. The van der Waals surface area contributed by atoms with Gasteiger partial charge in [-0.05, 0) is 12.1 Å². The lowest BCUT2D eigenvalue weighted by Crippen LogP contribution is -2.13. The first kappa shape index (κ1) is 18.0. The molecule has 2 aromatic rings. The number of benzene rings is 1. The minimum absolute atomic E-state index is 0.137. The molecule has 128 valence electrons. The Bertz CT molecular complexity index is 948. The molecule has 1 aromatic carbocycles. The number of halogens is 1. The lowest BCUT2D eigenvalue weighted by atomic mass is 10.0. The van der Waals surface area contributed by atoms with Crippen LogP contribution in [0.5, 0.6) is 5.88 Å². The van der Waals surface area contributed by atoms with Crippen molar-refractivity contribution in [1.82, 2.24) is 9.78 Å². The molecule has 1 N–H and O–H groups in total. The summed E-state index contributed by atoms with van der Waals surface area (Å²) >= 11 is 6.10. The first-order chi connectivity index (χ1) is 11.1. The van der Waals surface area contributed by atoms with Crippen molar-refractivity contribution < 1.29 is 27.9 Å². The number of carbonyl (C=O) groups is 2. The molecule has 1 aromatic heterocycles. The lowest BCUT2D eigenvalue weighted by molar-refractivity contribution is 0.0596. The molecule has 0 aliphatic heterocycles. The highest BCUT2D eigenvalue weighted by Crippen LogP contribution is 2.31. The lowest BCUT2D eigenvalue weighted by Gasteiger charge is -2.11. The van der Waals surface area contributed by atoms with Gasteiger partial charge in [-0.2, -0.15) is 5.10 Å². The van der Waals surface area contributed by atoms with Gasteiger partial charge in [0.05, 0.1) is 28.8 Å². The summed E-state index contributed by atoms with van der Waals surface area (Å²) in [5.41, 5.74) is -0.731. The Morgan fingerprint density at radius 2 is 1.92 bits per heavy atom. The number of carbonyl (C=O) groups excluding carboxylic acids is 2. The maximum absolute atomic E-state index is 12.5. The normalized spacial score (nSPS) is 11.3. The van der Waals surface area contributed by atoms with Crippen molar-refractivity contribution in [3.8, 4) is 5.88 Å². The predicted molar refractivity (Wildman–Crippen MR) is 84.2 cm³/mol. The van der Waals surface area contributed by atoms with Crippen molar-refractivity contribution in [3.05, 3.63) is 40.0 Å². The van der Waals surface area contributed by atoms with Gasteiger partial charge >= 0.3 is 5.97 Å². The number of ketones is 1. The second kappa shape index (κ2) is 6.25. The van der Waals surface area contributed by atoms with Crippen molar-refractivity contribution in [1.29, 1.82) is 0 Å². The number of sulfone groups is 1. The summed E-state index contributed by atoms with van der Waals surface area (Å²) in [6.45, 7) is 0. The van der Waals surface area contributed by atoms with E-state index in [9.17, 15) is 23.1 Å². The Hall–Kier alpha value is -2.39. The molecular weight excluding hydrogens is 360 g/mol. The van der Waals surface area contributed by atoms with Crippen LogP contribution in [0.25, 0.3) is 0 Å². The number of aromatic hydroxyl groups is 1. The fourth-order valence-corrected chi connectivity index (χ4v) is 3.33. The quantitative estimate of drug-likeness (QED) is 0.633. The zero-order valence-corrected chi connectivity index (χ0v) is 14.5. The van der Waals surface area contributed by atoms with Gasteiger partial charge in [-0.15, -0.1) is 0 Å². The SMILES string of the molecule is COC(=O)c1c(S(C)(=O)=O)ccc(C(=O)c2cnn(C)c2O)c1Cl. The molecule has 2 rings (SSSR count). The molecule has 0 fully saturated rings. The van der Waals surface area contributed by atoms with Gasteiger partial charge in [-0.3, -0.25) is 4.79 Å². The molecule has 0 saturated heterocycles. The van der Waals surface area contributed by atoms with E-state index < -0.39 is 27.2 Å². The number of hydrogen-bond donors (Lipinski definition) is 1. The standard InChI is InChI=1S/C14H13ClN2O6S/c1-17-13(19)8(6-16-17)12(18)7-4-5-9(24(3,21)22)10(11(7)15)14(20)23-2/h4-6,19H,1-3H3. The smallest absolute Gasteiger partial charge is 0.340 e. The van der Waals surface area contributed by atoms with Gasteiger partial charge in [0.15, 0.2) is 9.84 Å². The fourth-order valence-electron chi connectivity index (χ4n) is 2.07. The van der Waals surface area contributed by atoms with Gasteiger partial charge in [-0.1, -0.05) is 11.6 Å². The van der Waals surface area contributed by atoms with Crippen LogP contribution in [0, 0.1) is 0 Å². The van der Waals surface area contributed by atoms with Gasteiger partial charge < -0.3 is 9.84 Å². The van der Waals surface area contributed by atoms with E-state index >= 15 is 0 Å². The molecule has 0 bridgehead atoms. The van der Waals surface area contributed by atoms with Gasteiger partial charge in [0, 0.05) is 18.9 Å². The number of aryl methyl sites for hydroxylation is 1. The number of hydrogen-bond acceptors (Lipinski definition) is 7. The molecule has 8 nitrogen and oxygen atoms in total. The van der Waals surface area contributed by atoms with Crippen LogP contribution >= 0.6 is 11.6 Å². The van der Waals surface area contributed by atoms with E-state index in [4.69, 9.17) is 11.6 Å². The van der Waals surface area contributed by atoms with E-state index in [-0.39, 0.29) is 26.9 Å². The van der Waals surface area contributed by atoms with Crippen molar-refractivity contribution >= 4 is 33.2 Å². The fraction of sp³-hybridized carbons (Fsp3) is 0.214. The third-order valence-electron chi connectivity index (χ3n) is 3.29. The van der Waals surface area contributed by atoms with E-state index in [1.54, 1.807) is 0 Å². The summed E-state index contributed by atoms with van der Waals surface area (Å²) in [6.07, 6.45) is 2.04. The first-order valence-corrected chi connectivity index (χ1v) is 8.73. The third kappa shape index (κ3) is 3.00. The van der Waals surface area contributed by atoms with Crippen LogP contribution in [0.2, 0.25) is 5.02 Å². The van der Waals surface area contributed by atoms with E-state index in [1.807, 2.05) is 0 Å². The van der Waals surface area contributed by atoms with Crippen molar-refractivity contribution in [2.75, 3.05) is 13.4 Å². The molecule has 10 heteroatoms. The molecule has 0 spiro atoms. The molecule has 0 radical (unpaired) electrons. The van der Waals surface area contributed by atoms with Crippen LogP contribution in [-0.2, 0) is 21.6 Å². The molecule has 0 unspecified atom stereocenters. The summed E-state index contributed by atoms with van der Waals surface area (Å²) in [5.74, 6) is -2.09. The highest BCUT2D eigenvalue weighted by atomic mass is 35.5. The largest absolute Gasteiger partial charge is 0.493 e. The number of aromatic nitrogens is 2. The van der Waals surface area contributed by atoms with Gasteiger partial charge in [0.2, 0.25) is 11.7 Å². The summed E-state index contributed by atoms with van der Waals surface area (Å²) in [4.78, 5) is 24.1. The van der Waals surface area contributed by atoms with E-state index in [0.29, 0.717) is 0 Å². The number of rotatable bonds is 4. The molecule has 0 aliphatic carbocycles. The maximum atomic E-state index is 12.5. The average Bonchev–Trinajstić information content (AvgIpc) is 2.84. The Morgan fingerprint density at radius 3 is 2.38 bits per heavy atom. The summed E-state index contributed by atoms with van der Waals surface area (Å²) in [7, 11) is -1.29. The Labute approximate surface area is 142 Å². The number of nitrogens with zero attached hydrogens (tertiary/aromatic N) is 2. The van der Waals surface area contributed by atoms with Crippen LogP contribution in [0.15, 0.2) is 23.2 Å². The highest BCUT2D eigenvalue weighted by molar-refractivity contribution is 7.90. The van der Waals surface area contributed by atoms with E-state index in [0.717, 1.165) is 30.3 Å². The number of esters is 1. The zero-order chi connectivity index (χ0) is 18.2. The zero-order valence-electron chi connectivity index (χ0n) is 12.9. The van der Waals surface area contributed by atoms with Crippen molar-refractivity contribution in [3.63, 3.8) is 0 Å². The Kier molecular flexibility index (Phi) is 4.68. The van der Waals surface area contributed by atoms with Gasteiger partial charge in [0.1, 0.15) is 5.56 Å². The van der Waals surface area contributed by atoms with Crippen LogP contribution < -0.4 is 0 Å². The van der Waals surface area contributed by atoms with Crippen molar-refractivity contribution in [2.24, 2.45) is 7.05 Å². The molecular formula is C14H13ClN2O6S. The molecule has 0 aliphatic rings. The molecule has 1 heterocycles. The maximum Gasteiger partial charge on any atom is 0.340 e. The van der Waals surface area contributed by atoms with Crippen LogP contribution in [0.1, 0.15) is 26.3 Å². The molecule has 0 amide bonds. The third-order valence-corrected chi connectivity index (χ3v) is 4.82. The molecule has 0 saturated carbocycles. The van der Waals surface area contributed by atoms with Crippen LogP contribution in [0.3, 0.4) is 0 Å². The van der Waals surface area contributed by atoms with E-state index in [1.165, 1.54) is 13.1 Å². The topological polar surface area (TPSA) is 116 Å². The molecule has 24 heavy (non-hydrogen) atoms. The second-order valence-electron chi connectivity index (χ2n) is 4.90. The first-order valence-electron chi connectivity index (χ1n) is 6.46. The molecule has 0 atom stereocenters. The summed E-state index contributed by atoms with van der Waals surface area (Å²) in [6, 6.07) is 2.26. The minimum Gasteiger partial charge on any atom is -0.493 e. The predicted octanol–water partition coefficient (Wildman–Crippen LogP) is 1.20. The van der Waals surface area contributed by atoms with Gasteiger partial charge in [-0.25, -0.2) is 17.9 Å². The monoisotopic (exact) mass is 372 g/mol. The number of methoxy groups -OCH3 is 1. The summed E-state index contributed by atoms with van der Waals surface area (Å²) < 4.78 is 29.3. The second-order valence-corrected chi connectivity index (χ2v) is 7.26. The van der Waals surface area contributed by atoms with Crippen LogP contribution in [0.4, 0.5) is 0 Å². The average molecular weight is 373 g/mol. The summed E-state index contributed by atoms with van der Waals surface area (Å²) in [5, 5.41) is 13.2. The minimum atomic E-state index is -3.78. The Balaban J connectivity index is 2.72. The van der Waals surface area contributed by atoms with Gasteiger partial charge in [0.25, 0.3) is 0 Å². The van der Waals surface area contributed by atoms with E-state index in [2.05, 4.69) is 9.84 Å².